The highest BCUT2D eigenvalue weighted by atomic mass is 16.6. The molecule has 29 heavy (non-hydrogen) atoms. The highest BCUT2D eigenvalue weighted by Crippen LogP contribution is 2.22. The van der Waals surface area contributed by atoms with Gasteiger partial charge in [0.15, 0.2) is 19.0 Å². The van der Waals surface area contributed by atoms with Crippen molar-refractivity contribution < 1.29 is 23.5 Å². The zero-order valence-corrected chi connectivity index (χ0v) is 16.4. The van der Waals surface area contributed by atoms with Crippen LogP contribution in [0.2, 0.25) is 0 Å². The van der Waals surface area contributed by atoms with E-state index in [1.54, 1.807) is 30.3 Å². The number of hydrogen-bond acceptors (Lipinski definition) is 6. The number of esters is 1. The molecule has 0 N–H and O–H groups in total. The second kappa shape index (κ2) is 9.19. The minimum Gasteiger partial charge on any atom is -0.482 e. The van der Waals surface area contributed by atoms with E-state index in [-0.39, 0.29) is 19.0 Å². The third-order valence-electron chi connectivity index (χ3n) is 4.46. The van der Waals surface area contributed by atoms with E-state index in [1.165, 1.54) is 6.07 Å². The van der Waals surface area contributed by atoms with Crippen LogP contribution in [0, 0.1) is 6.92 Å². The maximum Gasteiger partial charge on any atom is 0.344 e. The second-order valence-corrected chi connectivity index (χ2v) is 6.73. The van der Waals surface area contributed by atoms with E-state index in [9.17, 15) is 14.4 Å². The number of hydrogen-bond donors (Lipinski definition) is 0. The molecule has 0 aliphatic rings. The summed E-state index contributed by atoms with van der Waals surface area (Å²) in [6, 6.07) is 13.7. The van der Waals surface area contributed by atoms with Crippen molar-refractivity contribution in [1.29, 1.82) is 0 Å². The fraction of sp³-hybridized carbons (Fsp3) is 0.261. The molecule has 0 atom stereocenters. The number of carbonyl (C=O) groups excluding carboxylic acids is 2. The number of ether oxygens (including phenoxy) is 2. The molecule has 0 bridgehead atoms. The molecule has 150 valence electrons. The predicted molar refractivity (Wildman–Crippen MR) is 108 cm³/mol. The van der Waals surface area contributed by atoms with Crippen molar-refractivity contribution in [3.05, 3.63) is 75.6 Å². The monoisotopic (exact) mass is 394 g/mol. The molecule has 0 aliphatic heterocycles. The zero-order chi connectivity index (χ0) is 20.8. The van der Waals surface area contributed by atoms with Crippen molar-refractivity contribution >= 4 is 22.7 Å². The first-order valence-corrected chi connectivity index (χ1v) is 9.41. The third kappa shape index (κ3) is 5.31. The lowest BCUT2D eigenvalue weighted by Gasteiger charge is -2.08. The second-order valence-electron chi connectivity index (χ2n) is 6.73. The maximum atomic E-state index is 12.1. The molecule has 2 aromatic carbocycles. The molecule has 0 radical (unpaired) electrons. The molecule has 0 fully saturated rings. The Balaban J connectivity index is 1.52. The molecule has 1 aromatic heterocycles. The highest BCUT2D eigenvalue weighted by Gasteiger charge is 2.11. The summed E-state index contributed by atoms with van der Waals surface area (Å²) >= 11 is 0. The summed E-state index contributed by atoms with van der Waals surface area (Å²) in [5.74, 6) is -0.572. The van der Waals surface area contributed by atoms with Gasteiger partial charge >= 0.3 is 11.6 Å². The van der Waals surface area contributed by atoms with Crippen LogP contribution in [0.3, 0.4) is 0 Å². The van der Waals surface area contributed by atoms with Crippen LogP contribution < -0.4 is 10.4 Å². The van der Waals surface area contributed by atoms with E-state index >= 15 is 0 Å². The van der Waals surface area contributed by atoms with Crippen molar-refractivity contribution in [3.8, 4) is 5.75 Å². The Labute approximate surface area is 168 Å². The van der Waals surface area contributed by atoms with Crippen molar-refractivity contribution in [2.75, 3.05) is 13.2 Å². The molecular weight excluding hydrogens is 372 g/mol. The summed E-state index contributed by atoms with van der Waals surface area (Å²) in [5.41, 5.74) is 2.38. The maximum absolute atomic E-state index is 12.1. The summed E-state index contributed by atoms with van der Waals surface area (Å²) in [6.45, 7) is 3.20. The number of rotatable bonds is 8. The van der Waals surface area contributed by atoms with Crippen molar-refractivity contribution in [2.24, 2.45) is 0 Å². The predicted octanol–water partition coefficient (Wildman–Crippen LogP) is 3.86. The van der Waals surface area contributed by atoms with Crippen LogP contribution in [-0.4, -0.2) is 25.0 Å². The van der Waals surface area contributed by atoms with Crippen LogP contribution >= 0.6 is 0 Å². The van der Waals surface area contributed by atoms with Crippen LogP contribution in [0.5, 0.6) is 5.75 Å². The Morgan fingerprint density at radius 3 is 2.48 bits per heavy atom. The van der Waals surface area contributed by atoms with Crippen LogP contribution in [0.4, 0.5) is 0 Å². The Morgan fingerprint density at radius 2 is 1.76 bits per heavy atom. The fourth-order valence-corrected chi connectivity index (χ4v) is 2.95. The van der Waals surface area contributed by atoms with Gasteiger partial charge in [0.25, 0.3) is 0 Å². The first-order valence-electron chi connectivity index (χ1n) is 9.41. The van der Waals surface area contributed by atoms with E-state index < -0.39 is 11.6 Å². The van der Waals surface area contributed by atoms with Crippen molar-refractivity contribution in [1.82, 2.24) is 0 Å². The number of ketones is 1. The molecule has 0 spiro atoms. The Morgan fingerprint density at radius 1 is 1.00 bits per heavy atom. The Bertz CT molecular complexity index is 1080. The Hall–Kier alpha value is -3.41. The van der Waals surface area contributed by atoms with Gasteiger partial charge in [-0.05, 0) is 36.6 Å². The van der Waals surface area contributed by atoms with Gasteiger partial charge in [0.2, 0.25) is 0 Å². The first kappa shape index (κ1) is 20.3. The molecule has 0 aliphatic carbocycles. The van der Waals surface area contributed by atoms with E-state index in [0.29, 0.717) is 16.9 Å². The van der Waals surface area contributed by atoms with Gasteiger partial charge in [0.05, 0.1) is 0 Å². The molecule has 6 heteroatoms. The molecule has 0 saturated heterocycles. The number of aryl methyl sites for hydroxylation is 2. The van der Waals surface area contributed by atoms with Gasteiger partial charge in [-0.2, -0.15) is 0 Å². The van der Waals surface area contributed by atoms with Crippen molar-refractivity contribution in [3.63, 3.8) is 0 Å². The van der Waals surface area contributed by atoms with Gasteiger partial charge in [-0.25, -0.2) is 9.59 Å². The van der Waals surface area contributed by atoms with Gasteiger partial charge in [0.1, 0.15) is 11.3 Å². The van der Waals surface area contributed by atoms with Crippen LogP contribution in [-0.2, 0) is 16.0 Å². The fourth-order valence-electron chi connectivity index (χ4n) is 2.95. The van der Waals surface area contributed by atoms with Gasteiger partial charge < -0.3 is 13.9 Å². The zero-order valence-electron chi connectivity index (χ0n) is 16.4. The van der Waals surface area contributed by atoms with Gasteiger partial charge in [-0.3, -0.25) is 4.79 Å². The lowest BCUT2D eigenvalue weighted by Crippen LogP contribution is -2.19. The molecule has 6 nitrogen and oxygen atoms in total. The van der Waals surface area contributed by atoms with Gasteiger partial charge in [-0.15, -0.1) is 0 Å². The van der Waals surface area contributed by atoms with E-state index in [4.69, 9.17) is 13.9 Å². The summed E-state index contributed by atoms with van der Waals surface area (Å²) in [4.78, 5) is 35.5. The summed E-state index contributed by atoms with van der Waals surface area (Å²) in [6.07, 6.45) is 1.99. The summed E-state index contributed by atoms with van der Waals surface area (Å²) < 4.78 is 15.5. The minimum absolute atomic E-state index is 0.274. The van der Waals surface area contributed by atoms with E-state index in [1.807, 2.05) is 19.1 Å². The molecule has 3 aromatic rings. The van der Waals surface area contributed by atoms with Gasteiger partial charge in [-0.1, -0.05) is 37.6 Å². The van der Waals surface area contributed by atoms with Crippen LogP contribution in [0.25, 0.3) is 11.0 Å². The number of carbonyl (C=O) groups is 2. The summed E-state index contributed by atoms with van der Waals surface area (Å²) in [7, 11) is 0. The lowest BCUT2D eigenvalue weighted by molar-refractivity contribution is -0.144. The number of benzene rings is 2. The average molecular weight is 394 g/mol. The third-order valence-corrected chi connectivity index (χ3v) is 4.46. The van der Waals surface area contributed by atoms with E-state index in [0.717, 1.165) is 29.4 Å². The minimum atomic E-state index is -0.660. The number of Topliss-reactive ketones (excluding diaryl/α,β-unsaturated/α-hetero) is 1. The molecule has 0 saturated carbocycles. The van der Waals surface area contributed by atoms with Crippen LogP contribution in [0.1, 0.15) is 34.8 Å². The topological polar surface area (TPSA) is 82.8 Å². The van der Waals surface area contributed by atoms with Crippen LogP contribution in [0.15, 0.2) is 57.7 Å². The van der Waals surface area contributed by atoms with Gasteiger partial charge in [0, 0.05) is 23.1 Å². The standard InChI is InChI=1S/C23H22O6/c1-3-4-16-5-7-17(8-6-16)20(24)13-28-23(26)14-27-18-9-10-19-15(2)11-22(25)29-21(19)12-18/h5-12H,3-4,13-14H2,1-2H3. The quantitative estimate of drug-likeness (QED) is 0.328. The highest BCUT2D eigenvalue weighted by molar-refractivity contribution is 5.98. The molecular formula is C23H22O6. The molecule has 0 unspecified atom stereocenters. The molecule has 0 amide bonds. The average Bonchev–Trinajstić information content (AvgIpc) is 2.71. The van der Waals surface area contributed by atoms with E-state index in [2.05, 4.69) is 6.92 Å². The SMILES string of the molecule is CCCc1ccc(C(=O)COC(=O)COc2ccc3c(C)cc(=O)oc3c2)cc1. The summed E-state index contributed by atoms with van der Waals surface area (Å²) in [5, 5.41) is 0.787. The largest absolute Gasteiger partial charge is 0.482 e. The first-order chi connectivity index (χ1) is 14.0. The number of fused-ring (bicyclic) bond motifs is 1. The molecule has 1 heterocycles. The Kier molecular flexibility index (Phi) is 6.44. The lowest BCUT2D eigenvalue weighted by atomic mass is 10.1. The molecule has 3 rings (SSSR count). The smallest absolute Gasteiger partial charge is 0.344 e. The normalized spacial score (nSPS) is 10.7. The van der Waals surface area contributed by atoms with Crippen molar-refractivity contribution in [2.45, 2.75) is 26.7 Å².